The first-order valence-corrected chi connectivity index (χ1v) is 8.64. The standard InChI is InChI=1S/C19H23NO4/c1-12-16(19(23)24)9-10-20(12)18(22)8-7-17(21)15-6-5-13-3-2-4-14(13)11-15/h5-6,11-12,16H,2-4,7-10H2,1H3,(H,23,24). The number of ketones is 1. The lowest BCUT2D eigenvalue weighted by atomic mass is 10.0. The molecule has 24 heavy (non-hydrogen) atoms. The summed E-state index contributed by atoms with van der Waals surface area (Å²) >= 11 is 0. The van der Waals surface area contributed by atoms with Gasteiger partial charge in [-0.05, 0) is 49.8 Å². The Morgan fingerprint density at radius 1 is 1.17 bits per heavy atom. The second kappa shape index (κ2) is 6.75. The van der Waals surface area contributed by atoms with Crippen LogP contribution < -0.4 is 0 Å². The lowest BCUT2D eigenvalue weighted by Gasteiger charge is -2.23. The molecule has 2 aliphatic rings. The highest BCUT2D eigenvalue weighted by Gasteiger charge is 2.37. The van der Waals surface area contributed by atoms with Crippen LogP contribution in [0.2, 0.25) is 0 Å². The topological polar surface area (TPSA) is 74.7 Å². The maximum Gasteiger partial charge on any atom is 0.308 e. The second-order valence-electron chi connectivity index (χ2n) is 6.82. The molecule has 0 spiro atoms. The number of fused-ring (bicyclic) bond motifs is 1. The molecule has 0 bridgehead atoms. The zero-order valence-corrected chi connectivity index (χ0v) is 14.0. The van der Waals surface area contributed by atoms with Crippen LogP contribution in [-0.2, 0) is 22.4 Å². The third-order valence-electron chi connectivity index (χ3n) is 5.38. The van der Waals surface area contributed by atoms with E-state index in [2.05, 4.69) is 0 Å². The normalized spacial score (nSPS) is 22.5. The molecule has 1 amide bonds. The molecule has 1 N–H and O–H groups in total. The van der Waals surface area contributed by atoms with Crippen molar-refractivity contribution in [1.82, 2.24) is 4.90 Å². The lowest BCUT2D eigenvalue weighted by molar-refractivity contribution is -0.143. The van der Waals surface area contributed by atoms with E-state index in [9.17, 15) is 14.4 Å². The van der Waals surface area contributed by atoms with Crippen molar-refractivity contribution in [1.29, 1.82) is 0 Å². The molecule has 1 aliphatic carbocycles. The zero-order chi connectivity index (χ0) is 17.3. The summed E-state index contributed by atoms with van der Waals surface area (Å²) in [6, 6.07) is 5.55. The average Bonchev–Trinajstić information content (AvgIpc) is 3.17. The molecule has 2 unspecified atom stereocenters. The van der Waals surface area contributed by atoms with Gasteiger partial charge in [0.15, 0.2) is 5.78 Å². The van der Waals surface area contributed by atoms with Crippen LogP contribution in [0, 0.1) is 5.92 Å². The van der Waals surface area contributed by atoms with Crippen molar-refractivity contribution in [3.63, 3.8) is 0 Å². The Bertz CT molecular complexity index is 682. The summed E-state index contributed by atoms with van der Waals surface area (Å²) in [5.74, 6) is -1.49. The third kappa shape index (κ3) is 3.21. The predicted octanol–water partition coefficient (Wildman–Crippen LogP) is 2.46. The van der Waals surface area contributed by atoms with Crippen LogP contribution in [0.5, 0.6) is 0 Å². The molecule has 0 aromatic heterocycles. The van der Waals surface area contributed by atoms with Crippen molar-refractivity contribution >= 4 is 17.7 Å². The molecule has 1 aromatic rings. The number of carboxylic acids is 1. The van der Waals surface area contributed by atoms with Gasteiger partial charge in [0.1, 0.15) is 0 Å². The molecule has 5 heteroatoms. The molecule has 128 valence electrons. The van der Waals surface area contributed by atoms with E-state index in [0.717, 1.165) is 19.3 Å². The van der Waals surface area contributed by atoms with Gasteiger partial charge in [0.05, 0.1) is 5.92 Å². The summed E-state index contributed by atoms with van der Waals surface area (Å²) in [5, 5.41) is 9.13. The summed E-state index contributed by atoms with van der Waals surface area (Å²) in [6.07, 6.45) is 4.06. The number of hydrogen-bond donors (Lipinski definition) is 1. The van der Waals surface area contributed by atoms with Crippen LogP contribution in [0.25, 0.3) is 0 Å². The van der Waals surface area contributed by atoms with E-state index in [1.54, 1.807) is 11.8 Å². The smallest absolute Gasteiger partial charge is 0.308 e. The highest BCUT2D eigenvalue weighted by atomic mass is 16.4. The van der Waals surface area contributed by atoms with Gasteiger partial charge < -0.3 is 10.0 Å². The first-order valence-electron chi connectivity index (χ1n) is 8.64. The van der Waals surface area contributed by atoms with Crippen LogP contribution in [0.1, 0.15) is 54.1 Å². The molecule has 1 heterocycles. The zero-order valence-electron chi connectivity index (χ0n) is 14.0. The molecular weight excluding hydrogens is 306 g/mol. The van der Waals surface area contributed by atoms with Crippen LogP contribution in [0.15, 0.2) is 18.2 Å². The Kier molecular flexibility index (Phi) is 4.69. The maximum atomic E-state index is 12.4. The number of carboxylic acid groups (broad SMARTS) is 1. The van der Waals surface area contributed by atoms with E-state index in [1.807, 2.05) is 18.2 Å². The number of Topliss-reactive ketones (excluding diaryl/α,β-unsaturated/α-hetero) is 1. The molecule has 1 saturated heterocycles. The van der Waals surface area contributed by atoms with E-state index in [0.29, 0.717) is 18.5 Å². The Morgan fingerprint density at radius 3 is 2.62 bits per heavy atom. The number of benzene rings is 1. The molecule has 0 radical (unpaired) electrons. The van der Waals surface area contributed by atoms with Crippen molar-refractivity contribution in [3.8, 4) is 0 Å². The van der Waals surface area contributed by atoms with Crippen molar-refractivity contribution in [2.75, 3.05) is 6.54 Å². The van der Waals surface area contributed by atoms with Crippen LogP contribution in [0.4, 0.5) is 0 Å². The maximum absolute atomic E-state index is 12.4. The largest absolute Gasteiger partial charge is 0.481 e. The monoisotopic (exact) mass is 329 g/mol. The Labute approximate surface area is 141 Å². The summed E-state index contributed by atoms with van der Waals surface area (Å²) in [6.45, 7) is 2.23. The minimum atomic E-state index is -0.855. The van der Waals surface area contributed by atoms with Gasteiger partial charge in [-0.2, -0.15) is 0 Å². The van der Waals surface area contributed by atoms with Crippen LogP contribution in [-0.4, -0.2) is 40.3 Å². The van der Waals surface area contributed by atoms with E-state index < -0.39 is 11.9 Å². The highest BCUT2D eigenvalue weighted by Crippen LogP contribution is 2.26. The quantitative estimate of drug-likeness (QED) is 0.842. The van der Waals surface area contributed by atoms with Gasteiger partial charge in [-0.1, -0.05) is 12.1 Å². The number of aryl methyl sites for hydroxylation is 2. The van der Waals surface area contributed by atoms with Gasteiger partial charge in [-0.3, -0.25) is 14.4 Å². The Balaban J connectivity index is 1.56. The first-order chi connectivity index (χ1) is 11.5. The van der Waals surface area contributed by atoms with Gasteiger partial charge in [-0.25, -0.2) is 0 Å². The Morgan fingerprint density at radius 2 is 1.92 bits per heavy atom. The molecule has 1 aliphatic heterocycles. The van der Waals surface area contributed by atoms with Crippen LogP contribution >= 0.6 is 0 Å². The lowest BCUT2D eigenvalue weighted by Crippen LogP contribution is -2.37. The van der Waals surface area contributed by atoms with Gasteiger partial charge in [-0.15, -0.1) is 0 Å². The van der Waals surface area contributed by atoms with Crippen molar-refractivity contribution in [2.24, 2.45) is 5.92 Å². The highest BCUT2D eigenvalue weighted by molar-refractivity contribution is 5.98. The fourth-order valence-electron chi connectivity index (χ4n) is 3.88. The number of aliphatic carboxylic acids is 1. The SMILES string of the molecule is CC1C(C(=O)O)CCN1C(=O)CCC(=O)c1ccc2c(c1)CCC2. The molecule has 1 aromatic carbocycles. The molecule has 2 atom stereocenters. The van der Waals surface area contributed by atoms with Gasteiger partial charge in [0, 0.05) is 31.0 Å². The van der Waals surface area contributed by atoms with Gasteiger partial charge in [0.2, 0.25) is 5.91 Å². The molecule has 3 rings (SSSR count). The molecular formula is C19H23NO4. The summed E-state index contributed by atoms with van der Waals surface area (Å²) in [4.78, 5) is 37.4. The minimum absolute atomic E-state index is 0.0142. The summed E-state index contributed by atoms with van der Waals surface area (Å²) in [7, 11) is 0. The van der Waals surface area contributed by atoms with E-state index in [4.69, 9.17) is 5.11 Å². The molecule has 5 nitrogen and oxygen atoms in total. The number of carbonyl (C=O) groups excluding carboxylic acids is 2. The van der Waals surface area contributed by atoms with Crippen LogP contribution in [0.3, 0.4) is 0 Å². The van der Waals surface area contributed by atoms with Crippen molar-refractivity contribution in [2.45, 2.75) is 51.5 Å². The summed E-state index contributed by atoms with van der Waals surface area (Å²) in [5.41, 5.74) is 3.26. The van der Waals surface area contributed by atoms with Crippen molar-refractivity contribution in [3.05, 3.63) is 34.9 Å². The number of rotatable bonds is 5. The number of hydrogen-bond acceptors (Lipinski definition) is 3. The Hall–Kier alpha value is -2.17. The third-order valence-corrected chi connectivity index (χ3v) is 5.38. The number of nitrogens with zero attached hydrogens (tertiary/aromatic N) is 1. The number of likely N-dealkylation sites (tertiary alicyclic amines) is 1. The first kappa shape index (κ1) is 16.7. The predicted molar refractivity (Wildman–Crippen MR) is 88.9 cm³/mol. The second-order valence-corrected chi connectivity index (χ2v) is 6.82. The van der Waals surface area contributed by atoms with E-state index in [-0.39, 0.29) is 30.6 Å². The van der Waals surface area contributed by atoms with Gasteiger partial charge in [0.25, 0.3) is 0 Å². The fraction of sp³-hybridized carbons (Fsp3) is 0.526. The van der Waals surface area contributed by atoms with Crippen molar-refractivity contribution < 1.29 is 19.5 Å². The van der Waals surface area contributed by atoms with E-state index >= 15 is 0 Å². The average molecular weight is 329 g/mol. The van der Waals surface area contributed by atoms with E-state index in [1.165, 1.54) is 11.1 Å². The summed E-state index contributed by atoms with van der Waals surface area (Å²) < 4.78 is 0. The number of carbonyl (C=O) groups is 3. The number of amides is 1. The fourth-order valence-corrected chi connectivity index (χ4v) is 3.88. The molecule has 0 saturated carbocycles. The van der Waals surface area contributed by atoms with Gasteiger partial charge >= 0.3 is 5.97 Å². The minimum Gasteiger partial charge on any atom is -0.481 e. The molecule has 1 fully saturated rings.